The van der Waals surface area contributed by atoms with Crippen molar-refractivity contribution in [1.82, 2.24) is 9.55 Å². The van der Waals surface area contributed by atoms with Gasteiger partial charge in [0, 0.05) is 33.5 Å². The van der Waals surface area contributed by atoms with Crippen molar-refractivity contribution in [2.45, 2.75) is 26.2 Å². The normalized spacial score (nSPS) is 18.5. The van der Waals surface area contributed by atoms with Gasteiger partial charge in [0.05, 0.1) is 0 Å². The maximum Gasteiger partial charge on any atom is 0.406 e. The van der Waals surface area contributed by atoms with Gasteiger partial charge in [-0.1, -0.05) is 0 Å². The highest BCUT2D eigenvalue weighted by Crippen LogP contribution is 2.33. The number of aliphatic carboxylic acids is 1. The number of carbonyl (C=O) groups is 1. The molecule has 110 valence electrons. The maximum absolute atomic E-state index is 11.1. The second-order valence-electron chi connectivity index (χ2n) is 5.16. The minimum Gasteiger partial charge on any atom is -0.481 e. The van der Waals surface area contributed by atoms with Gasteiger partial charge in [-0.05, 0) is 28.7 Å². The molecule has 0 saturated carbocycles. The molecule has 0 radical (unpaired) electrons. The van der Waals surface area contributed by atoms with Crippen molar-refractivity contribution in [3.8, 4) is 0 Å². The molecule has 0 bridgehead atoms. The smallest absolute Gasteiger partial charge is 0.406 e. The van der Waals surface area contributed by atoms with Gasteiger partial charge in [0.1, 0.15) is 0 Å². The first-order valence-corrected chi connectivity index (χ1v) is 6.54. The van der Waals surface area contributed by atoms with E-state index in [0.29, 0.717) is 31.2 Å². The SMILES string of the molecule is Cc1nc([N+](=O)[O-])c(N2CCC(CCC(=O)O)C2)n1C. The van der Waals surface area contributed by atoms with Crippen LogP contribution >= 0.6 is 0 Å². The molecular formula is C12H18N4O4. The fourth-order valence-corrected chi connectivity index (χ4v) is 2.65. The molecule has 8 heteroatoms. The average Bonchev–Trinajstić information content (AvgIpc) is 2.93. The van der Waals surface area contributed by atoms with Crippen LogP contribution < -0.4 is 4.90 Å². The zero-order chi connectivity index (χ0) is 14.9. The second kappa shape index (κ2) is 5.48. The number of hydrogen-bond donors (Lipinski definition) is 1. The molecule has 0 spiro atoms. The topological polar surface area (TPSA) is 102 Å². The summed E-state index contributed by atoms with van der Waals surface area (Å²) in [5.74, 6) is 0.460. The molecule has 1 aromatic heterocycles. The number of carboxylic acid groups (broad SMARTS) is 1. The van der Waals surface area contributed by atoms with Gasteiger partial charge in [-0.25, -0.2) is 0 Å². The Bertz CT molecular complexity index is 540. The molecule has 2 rings (SSSR count). The molecule has 1 aliphatic heterocycles. The van der Waals surface area contributed by atoms with Gasteiger partial charge in [-0.15, -0.1) is 0 Å². The predicted molar refractivity (Wildman–Crippen MR) is 71.8 cm³/mol. The van der Waals surface area contributed by atoms with Gasteiger partial charge in [0.25, 0.3) is 0 Å². The van der Waals surface area contributed by atoms with E-state index >= 15 is 0 Å². The molecule has 0 aromatic carbocycles. The van der Waals surface area contributed by atoms with Crippen LogP contribution in [0.1, 0.15) is 25.1 Å². The third kappa shape index (κ3) is 2.73. The minimum atomic E-state index is -0.800. The van der Waals surface area contributed by atoms with Crippen LogP contribution in [0, 0.1) is 23.0 Å². The molecule has 1 N–H and O–H groups in total. The van der Waals surface area contributed by atoms with Gasteiger partial charge < -0.3 is 20.1 Å². The molecule has 1 atom stereocenters. The molecule has 1 unspecified atom stereocenters. The number of hydrogen-bond acceptors (Lipinski definition) is 5. The number of nitrogens with zero attached hydrogens (tertiary/aromatic N) is 4. The summed E-state index contributed by atoms with van der Waals surface area (Å²) in [6.07, 6.45) is 1.61. The highest BCUT2D eigenvalue weighted by Gasteiger charge is 2.32. The summed E-state index contributed by atoms with van der Waals surface area (Å²) in [5.41, 5.74) is 0. The number of rotatable bonds is 5. The Morgan fingerprint density at radius 3 is 2.90 bits per heavy atom. The largest absolute Gasteiger partial charge is 0.481 e. The molecule has 1 saturated heterocycles. The molecule has 1 aliphatic rings. The van der Waals surface area contributed by atoms with Crippen LogP contribution in [-0.4, -0.2) is 38.6 Å². The molecule has 2 heterocycles. The Morgan fingerprint density at radius 2 is 2.30 bits per heavy atom. The second-order valence-corrected chi connectivity index (χ2v) is 5.16. The number of carboxylic acids is 1. The van der Waals surface area contributed by atoms with E-state index in [9.17, 15) is 14.9 Å². The zero-order valence-electron chi connectivity index (χ0n) is 11.6. The summed E-state index contributed by atoms with van der Waals surface area (Å²) in [7, 11) is 1.76. The first kappa shape index (κ1) is 14.3. The minimum absolute atomic E-state index is 0.121. The fraction of sp³-hybridized carbons (Fsp3) is 0.667. The summed E-state index contributed by atoms with van der Waals surface area (Å²) in [5, 5.41) is 19.8. The lowest BCUT2D eigenvalue weighted by Crippen LogP contribution is -2.23. The first-order valence-electron chi connectivity index (χ1n) is 6.54. The van der Waals surface area contributed by atoms with Crippen LogP contribution in [0.15, 0.2) is 0 Å². The molecule has 20 heavy (non-hydrogen) atoms. The van der Waals surface area contributed by atoms with Gasteiger partial charge in [-0.2, -0.15) is 0 Å². The number of imidazole rings is 1. The zero-order valence-corrected chi connectivity index (χ0v) is 11.6. The van der Waals surface area contributed by atoms with E-state index in [1.807, 2.05) is 4.90 Å². The lowest BCUT2D eigenvalue weighted by Gasteiger charge is -2.17. The van der Waals surface area contributed by atoms with Crippen LogP contribution in [-0.2, 0) is 11.8 Å². The summed E-state index contributed by atoms with van der Waals surface area (Å²) >= 11 is 0. The Hall–Kier alpha value is -2.12. The summed E-state index contributed by atoms with van der Waals surface area (Å²) in [4.78, 5) is 27.1. The molecular weight excluding hydrogens is 264 g/mol. The Kier molecular flexibility index (Phi) is 3.91. The summed E-state index contributed by atoms with van der Waals surface area (Å²) in [6.45, 7) is 3.08. The Balaban J connectivity index is 2.14. The fourth-order valence-electron chi connectivity index (χ4n) is 2.65. The standard InChI is InChI=1S/C12H18N4O4/c1-8-13-11(16(19)20)12(14(8)2)15-6-5-9(7-15)3-4-10(17)18/h9H,3-7H2,1-2H3,(H,17,18). The monoisotopic (exact) mass is 282 g/mol. The Morgan fingerprint density at radius 1 is 1.60 bits per heavy atom. The first-order chi connectivity index (χ1) is 9.40. The van der Waals surface area contributed by atoms with Crippen LogP contribution in [0.2, 0.25) is 0 Å². The molecule has 1 fully saturated rings. The van der Waals surface area contributed by atoms with E-state index in [0.717, 1.165) is 6.42 Å². The highest BCUT2D eigenvalue weighted by molar-refractivity contribution is 5.66. The quantitative estimate of drug-likeness (QED) is 0.645. The molecule has 0 aliphatic carbocycles. The van der Waals surface area contributed by atoms with Gasteiger partial charge in [0.2, 0.25) is 11.6 Å². The van der Waals surface area contributed by atoms with E-state index in [1.165, 1.54) is 0 Å². The summed E-state index contributed by atoms with van der Waals surface area (Å²) < 4.78 is 1.72. The maximum atomic E-state index is 11.1. The Labute approximate surface area is 116 Å². The van der Waals surface area contributed by atoms with Crippen LogP contribution in [0.4, 0.5) is 11.6 Å². The van der Waals surface area contributed by atoms with Crippen molar-refractivity contribution in [3.05, 3.63) is 15.9 Å². The van der Waals surface area contributed by atoms with Crippen LogP contribution in [0.5, 0.6) is 0 Å². The van der Waals surface area contributed by atoms with Crippen molar-refractivity contribution in [2.24, 2.45) is 13.0 Å². The van der Waals surface area contributed by atoms with E-state index < -0.39 is 10.9 Å². The van der Waals surface area contributed by atoms with Crippen molar-refractivity contribution in [2.75, 3.05) is 18.0 Å². The lowest BCUT2D eigenvalue weighted by atomic mass is 10.0. The third-order valence-corrected chi connectivity index (χ3v) is 3.80. The number of nitro groups is 1. The molecule has 1 aromatic rings. The molecule has 8 nitrogen and oxygen atoms in total. The lowest BCUT2D eigenvalue weighted by molar-refractivity contribution is -0.388. The third-order valence-electron chi connectivity index (χ3n) is 3.80. The van der Waals surface area contributed by atoms with Gasteiger partial charge >= 0.3 is 11.8 Å². The van der Waals surface area contributed by atoms with Crippen molar-refractivity contribution >= 4 is 17.6 Å². The van der Waals surface area contributed by atoms with Crippen LogP contribution in [0.25, 0.3) is 0 Å². The van der Waals surface area contributed by atoms with Gasteiger partial charge in [0.15, 0.2) is 0 Å². The highest BCUT2D eigenvalue weighted by atomic mass is 16.6. The molecule has 0 amide bonds. The van der Waals surface area contributed by atoms with Gasteiger partial charge in [-0.3, -0.25) is 9.36 Å². The summed E-state index contributed by atoms with van der Waals surface area (Å²) in [6, 6.07) is 0. The van der Waals surface area contributed by atoms with Crippen molar-refractivity contribution in [3.63, 3.8) is 0 Å². The number of aromatic nitrogens is 2. The number of anilines is 1. The van der Waals surface area contributed by atoms with Crippen molar-refractivity contribution in [1.29, 1.82) is 0 Å². The van der Waals surface area contributed by atoms with E-state index in [-0.39, 0.29) is 18.2 Å². The van der Waals surface area contributed by atoms with E-state index in [2.05, 4.69) is 4.98 Å². The van der Waals surface area contributed by atoms with E-state index in [4.69, 9.17) is 5.11 Å². The van der Waals surface area contributed by atoms with E-state index in [1.54, 1.807) is 18.5 Å². The average molecular weight is 282 g/mol. The van der Waals surface area contributed by atoms with Crippen LogP contribution in [0.3, 0.4) is 0 Å². The number of aryl methyl sites for hydroxylation is 1. The van der Waals surface area contributed by atoms with Crippen molar-refractivity contribution < 1.29 is 14.8 Å². The predicted octanol–water partition coefficient (Wildman–Crippen LogP) is 1.33.